The van der Waals surface area contributed by atoms with Crippen molar-refractivity contribution in [3.05, 3.63) is 53.9 Å². The molecule has 0 aliphatic rings. The number of nitrogens with zero attached hydrogens (tertiary/aromatic N) is 2. The summed E-state index contributed by atoms with van der Waals surface area (Å²) in [7, 11) is 1.68. The van der Waals surface area contributed by atoms with Crippen molar-refractivity contribution in [3.63, 3.8) is 0 Å². The van der Waals surface area contributed by atoms with Gasteiger partial charge in [-0.25, -0.2) is 9.37 Å². The van der Waals surface area contributed by atoms with E-state index in [0.717, 1.165) is 24.3 Å². The number of benzene rings is 1. The smallest absolute Gasteiger partial charge is 0.123 e. The van der Waals surface area contributed by atoms with E-state index < -0.39 is 0 Å². The number of hydrogen-bond donors (Lipinski definition) is 1. The van der Waals surface area contributed by atoms with Crippen LogP contribution in [0.25, 0.3) is 0 Å². The maximum absolute atomic E-state index is 13.1. The van der Waals surface area contributed by atoms with Crippen molar-refractivity contribution in [2.75, 3.05) is 20.3 Å². The summed E-state index contributed by atoms with van der Waals surface area (Å²) < 4.78 is 20.1. The Morgan fingerprint density at radius 3 is 3.11 bits per heavy atom. The molecule has 0 fully saturated rings. The Kier molecular flexibility index (Phi) is 5.06. The summed E-state index contributed by atoms with van der Waals surface area (Å²) in [6.07, 6.45) is 3.58. The lowest BCUT2D eigenvalue weighted by Crippen LogP contribution is -2.20. The van der Waals surface area contributed by atoms with Crippen LogP contribution in [-0.2, 0) is 17.8 Å². The number of aromatic nitrogens is 2. The van der Waals surface area contributed by atoms with Crippen molar-refractivity contribution in [1.29, 1.82) is 0 Å². The summed E-state index contributed by atoms with van der Waals surface area (Å²) in [5.41, 5.74) is 2.00. The number of rotatable bonds is 7. The van der Waals surface area contributed by atoms with Gasteiger partial charge in [0.1, 0.15) is 5.82 Å². The minimum Gasteiger partial charge on any atom is -0.383 e. The molecule has 0 aliphatic heterocycles. The third-order valence-corrected chi connectivity index (χ3v) is 2.83. The molecule has 0 atom stereocenters. The van der Waals surface area contributed by atoms with Crippen LogP contribution in [0.15, 0.2) is 36.8 Å². The van der Waals surface area contributed by atoms with E-state index in [0.29, 0.717) is 13.2 Å². The number of ether oxygens (including phenoxy) is 1. The highest BCUT2D eigenvalue weighted by molar-refractivity contribution is 5.17. The number of hydrogen-bond acceptors (Lipinski definition) is 3. The highest BCUT2D eigenvalue weighted by Gasteiger charge is 2.03. The Balaban J connectivity index is 1.95. The number of nitrogens with one attached hydrogen (secondary N) is 1. The molecule has 5 heteroatoms. The van der Waals surface area contributed by atoms with Gasteiger partial charge in [-0.2, -0.15) is 0 Å². The quantitative estimate of drug-likeness (QED) is 0.774. The van der Waals surface area contributed by atoms with Gasteiger partial charge in [-0.3, -0.25) is 0 Å². The van der Waals surface area contributed by atoms with Crippen molar-refractivity contribution in [2.45, 2.75) is 13.1 Å². The predicted octanol–water partition coefficient (Wildman–Crippen LogP) is 1.81. The summed E-state index contributed by atoms with van der Waals surface area (Å²) in [4.78, 5) is 4.14. The van der Waals surface area contributed by atoms with Gasteiger partial charge in [0.15, 0.2) is 0 Å². The molecule has 2 rings (SSSR count). The van der Waals surface area contributed by atoms with Gasteiger partial charge in [-0.05, 0) is 17.7 Å². The second-order valence-corrected chi connectivity index (χ2v) is 4.31. The van der Waals surface area contributed by atoms with E-state index in [9.17, 15) is 4.39 Å². The Hall–Kier alpha value is -1.72. The predicted molar refractivity (Wildman–Crippen MR) is 71.3 cm³/mol. The molecular formula is C14H18FN3O. The van der Waals surface area contributed by atoms with Crippen molar-refractivity contribution < 1.29 is 9.13 Å². The van der Waals surface area contributed by atoms with Crippen LogP contribution < -0.4 is 5.32 Å². The van der Waals surface area contributed by atoms with E-state index in [4.69, 9.17) is 4.74 Å². The molecule has 0 aliphatic carbocycles. The van der Waals surface area contributed by atoms with Gasteiger partial charge in [0.25, 0.3) is 0 Å². The van der Waals surface area contributed by atoms with Gasteiger partial charge in [-0.15, -0.1) is 0 Å². The third kappa shape index (κ3) is 4.15. The molecule has 0 saturated heterocycles. The molecule has 2 aromatic rings. The zero-order valence-corrected chi connectivity index (χ0v) is 11.0. The molecule has 4 nitrogen and oxygen atoms in total. The summed E-state index contributed by atoms with van der Waals surface area (Å²) >= 11 is 0. The number of imidazole rings is 1. The van der Waals surface area contributed by atoms with Gasteiger partial charge < -0.3 is 14.6 Å². The van der Waals surface area contributed by atoms with Crippen LogP contribution >= 0.6 is 0 Å². The number of methoxy groups -OCH3 is 1. The average Bonchev–Trinajstić information content (AvgIpc) is 2.82. The second kappa shape index (κ2) is 7.01. The van der Waals surface area contributed by atoms with Crippen molar-refractivity contribution in [2.24, 2.45) is 0 Å². The van der Waals surface area contributed by atoms with Crippen LogP contribution in [-0.4, -0.2) is 29.8 Å². The fraction of sp³-hybridized carbons (Fsp3) is 0.357. The van der Waals surface area contributed by atoms with Gasteiger partial charge >= 0.3 is 0 Å². The molecule has 0 radical (unpaired) electrons. The Bertz CT molecular complexity index is 513. The summed E-state index contributed by atoms with van der Waals surface area (Å²) in [6, 6.07) is 6.62. The monoisotopic (exact) mass is 263 g/mol. The summed E-state index contributed by atoms with van der Waals surface area (Å²) in [6.45, 7) is 2.82. The molecule has 0 saturated carbocycles. The largest absolute Gasteiger partial charge is 0.383 e. The Morgan fingerprint density at radius 2 is 2.32 bits per heavy atom. The van der Waals surface area contributed by atoms with Crippen molar-refractivity contribution >= 4 is 0 Å². The van der Waals surface area contributed by atoms with Crippen LogP contribution in [0.4, 0.5) is 4.39 Å². The minimum absolute atomic E-state index is 0.211. The lowest BCUT2D eigenvalue weighted by atomic mass is 10.2. The molecule has 0 spiro atoms. The molecular weight excluding hydrogens is 245 g/mol. The minimum atomic E-state index is -0.211. The van der Waals surface area contributed by atoms with E-state index >= 15 is 0 Å². The first kappa shape index (κ1) is 13.7. The number of halogens is 1. The maximum Gasteiger partial charge on any atom is 0.123 e. The Labute approximate surface area is 112 Å². The standard InChI is InChI=1S/C14H18FN3O/c1-19-6-5-16-8-14-9-17-11-18(14)10-12-3-2-4-13(15)7-12/h2-4,7,9,11,16H,5-6,8,10H2,1H3. The van der Waals surface area contributed by atoms with Crippen LogP contribution in [0.1, 0.15) is 11.3 Å². The first-order valence-corrected chi connectivity index (χ1v) is 6.22. The fourth-order valence-electron chi connectivity index (χ4n) is 1.86. The molecule has 1 heterocycles. The first-order chi connectivity index (χ1) is 9.29. The molecule has 0 unspecified atom stereocenters. The lowest BCUT2D eigenvalue weighted by molar-refractivity contribution is 0.199. The lowest BCUT2D eigenvalue weighted by Gasteiger charge is -2.09. The van der Waals surface area contributed by atoms with Crippen molar-refractivity contribution in [3.8, 4) is 0 Å². The first-order valence-electron chi connectivity index (χ1n) is 6.22. The van der Waals surface area contributed by atoms with Gasteiger partial charge in [0, 0.05) is 32.9 Å². The molecule has 1 N–H and O–H groups in total. The fourth-order valence-corrected chi connectivity index (χ4v) is 1.86. The third-order valence-electron chi connectivity index (χ3n) is 2.83. The molecule has 102 valence electrons. The molecule has 0 amide bonds. The van der Waals surface area contributed by atoms with Gasteiger partial charge in [0.05, 0.1) is 18.6 Å². The summed E-state index contributed by atoms with van der Waals surface area (Å²) in [5, 5.41) is 3.27. The molecule has 1 aromatic heterocycles. The van der Waals surface area contributed by atoms with E-state index in [2.05, 4.69) is 10.3 Å². The van der Waals surface area contributed by atoms with Crippen LogP contribution in [0.5, 0.6) is 0 Å². The molecule has 0 bridgehead atoms. The highest BCUT2D eigenvalue weighted by Crippen LogP contribution is 2.08. The van der Waals surface area contributed by atoms with Crippen LogP contribution in [0, 0.1) is 5.82 Å². The zero-order valence-electron chi connectivity index (χ0n) is 11.0. The zero-order chi connectivity index (χ0) is 13.5. The maximum atomic E-state index is 13.1. The topological polar surface area (TPSA) is 39.1 Å². The average molecular weight is 263 g/mol. The van der Waals surface area contributed by atoms with Crippen LogP contribution in [0.3, 0.4) is 0 Å². The Morgan fingerprint density at radius 1 is 1.42 bits per heavy atom. The molecule has 1 aromatic carbocycles. The molecule has 19 heavy (non-hydrogen) atoms. The SMILES string of the molecule is COCCNCc1cncn1Cc1cccc(F)c1. The van der Waals surface area contributed by atoms with E-state index in [-0.39, 0.29) is 5.82 Å². The highest BCUT2D eigenvalue weighted by atomic mass is 19.1. The van der Waals surface area contributed by atoms with E-state index in [1.165, 1.54) is 6.07 Å². The van der Waals surface area contributed by atoms with Gasteiger partial charge in [0.2, 0.25) is 0 Å². The van der Waals surface area contributed by atoms with E-state index in [1.807, 2.05) is 16.8 Å². The van der Waals surface area contributed by atoms with Gasteiger partial charge in [-0.1, -0.05) is 12.1 Å². The van der Waals surface area contributed by atoms with Crippen LogP contribution in [0.2, 0.25) is 0 Å². The second-order valence-electron chi connectivity index (χ2n) is 4.31. The van der Waals surface area contributed by atoms with E-state index in [1.54, 1.807) is 25.6 Å². The summed E-state index contributed by atoms with van der Waals surface area (Å²) in [5.74, 6) is -0.211. The van der Waals surface area contributed by atoms with Crippen molar-refractivity contribution in [1.82, 2.24) is 14.9 Å². The normalized spacial score (nSPS) is 10.8.